The monoisotopic (exact) mass is 226 g/mol. The van der Waals surface area contributed by atoms with Gasteiger partial charge in [-0.3, -0.25) is 9.64 Å². The number of nitrogens with one attached hydrogen (secondary N) is 1. The lowest BCUT2D eigenvalue weighted by Crippen LogP contribution is -2.55. The van der Waals surface area contributed by atoms with E-state index in [1.54, 1.807) is 0 Å². The molecule has 1 heterocycles. The van der Waals surface area contributed by atoms with Crippen molar-refractivity contribution < 1.29 is 17.9 Å². The van der Waals surface area contributed by atoms with Crippen LogP contribution in [0.2, 0.25) is 0 Å². The standard InChI is InChI=1S/C9H17F3N2O/c1-7-5-13-6-8(2)14(7)3-4-15-9(10,11)12/h7-8,13H,3-6H2,1-2H3. The van der Waals surface area contributed by atoms with Crippen LogP contribution in [0.3, 0.4) is 0 Å². The van der Waals surface area contributed by atoms with Gasteiger partial charge < -0.3 is 5.32 Å². The van der Waals surface area contributed by atoms with E-state index in [0.29, 0.717) is 6.54 Å². The van der Waals surface area contributed by atoms with Crippen LogP contribution in [0.4, 0.5) is 13.2 Å². The number of hydrogen-bond acceptors (Lipinski definition) is 3. The van der Waals surface area contributed by atoms with Gasteiger partial charge in [0, 0.05) is 31.7 Å². The highest BCUT2D eigenvalue weighted by Gasteiger charge is 2.30. The number of halogens is 3. The Balaban J connectivity index is 2.29. The van der Waals surface area contributed by atoms with Gasteiger partial charge in [0.1, 0.15) is 0 Å². The Bertz CT molecular complexity index is 188. The van der Waals surface area contributed by atoms with E-state index < -0.39 is 6.36 Å². The molecule has 1 aliphatic heterocycles. The van der Waals surface area contributed by atoms with Crippen LogP contribution < -0.4 is 5.32 Å². The van der Waals surface area contributed by atoms with Crippen molar-refractivity contribution in [2.75, 3.05) is 26.2 Å². The molecule has 1 fully saturated rings. The topological polar surface area (TPSA) is 24.5 Å². The number of alkyl halides is 3. The minimum Gasteiger partial charge on any atom is -0.314 e. The Morgan fingerprint density at radius 1 is 1.27 bits per heavy atom. The van der Waals surface area contributed by atoms with Gasteiger partial charge in [-0.25, -0.2) is 0 Å². The summed E-state index contributed by atoms with van der Waals surface area (Å²) < 4.78 is 39.0. The van der Waals surface area contributed by atoms with Gasteiger partial charge in [0.05, 0.1) is 6.61 Å². The molecule has 0 amide bonds. The second kappa shape index (κ2) is 5.14. The van der Waals surface area contributed by atoms with E-state index in [1.807, 2.05) is 18.7 Å². The summed E-state index contributed by atoms with van der Waals surface area (Å²) in [4.78, 5) is 2.03. The summed E-state index contributed by atoms with van der Waals surface area (Å²) in [7, 11) is 0. The molecule has 0 spiro atoms. The molecule has 1 aliphatic rings. The summed E-state index contributed by atoms with van der Waals surface area (Å²) in [5, 5.41) is 3.22. The number of rotatable bonds is 3. The summed E-state index contributed by atoms with van der Waals surface area (Å²) in [5.41, 5.74) is 0. The third-order valence-electron chi connectivity index (χ3n) is 2.63. The SMILES string of the molecule is CC1CNCC(C)N1CCOC(F)(F)F. The predicted molar refractivity (Wildman–Crippen MR) is 50.5 cm³/mol. The molecular weight excluding hydrogens is 209 g/mol. The van der Waals surface area contributed by atoms with Gasteiger partial charge in [0.15, 0.2) is 0 Å². The second-order valence-electron chi connectivity index (χ2n) is 3.89. The van der Waals surface area contributed by atoms with E-state index in [2.05, 4.69) is 10.1 Å². The average Bonchev–Trinajstić information content (AvgIpc) is 2.08. The van der Waals surface area contributed by atoms with Gasteiger partial charge in [-0.05, 0) is 13.8 Å². The van der Waals surface area contributed by atoms with Gasteiger partial charge in [0.2, 0.25) is 0 Å². The molecule has 0 bridgehead atoms. The molecule has 1 rings (SSSR count). The van der Waals surface area contributed by atoms with Crippen molar-refractivity contribution >= 4 is 0 Å². The Labute approximate surface area is 87.6 Å². The van der Waals surface area contributed by atoms with Gasteiger partial charge in [-0.15, -0.1) is 13.2 Å². The fraction of sp³-hybridized carbons (Fsp3) is 1.00. The van der Waals surface area contributed by atoms with E-state index in [9.17, 15) is 13.2 Å². The van der Waals surface area contributed by atoms with Crippen LogP contribution in [-0.4, -0.2) is 49.6 Å². The van der Waals surface area contributed by atoms with Crippen LogP contribution in [0, 0.1) is 0 Å². The number of hydrogen-bond donors (Lipinski definition) is 1. The molecule has 90 valence electrons. The quantitative estimate of drug-likeness (QED) is 0.782. The molecular formula is C9H17F3N2O. The smallest absolute Gasteiger partial charge is 0.314 e. The van der Waals surface area contributed by atoms with Crippen molar-refractivity contribution in [3.63, 3.8) is 0 Å². The van der Waals surface area contributed by atoms with Crippen LogP contribution >= 0.6 is 0 Å². The minimum absolute atomic E-state index is 0.255. The Hall–Kier alpha value is -0.330. The molecule has 1 N–H and O–H groups in total. The summed E-state index contributed by atoms with van der Waals surface area (Å²) >= 11 is 0. The van der Waals surface area contributed by atoms with E-state index in [0.717, 1.165) is 13.1 Å². The molecule has 0 radical (unpaired) electrons. The van der Waals surface area contributed by atoms with Crippen LogP contribution in [-0.2, 0) is 4.74 Å². The molecule has 15 heavy (non-hydrogen) atoms. The first-order valence-corrected chi connectivity index (χ1v) is 5.07. The van der Waals surface area contributed by atoms with Crippen molar-refractivity contribution in [3.05, 3.63) is 0 Å². The van der Waals surface area contributed by atoms with Gasteiger partial charge in [-0.1, -0.05) is 0 Å². The van der Waals surface area contributed by atoms with Crippen molar-refractivity contribution in [2.45, 2.75) is 32.3 Å². The fourth-order valence-corrected chi connectivity index (χ4v) is 1.88. The summed E-state index contributed by atoms with van der Waals surface area (Å²) in [6, 6.07) is 0.510. The third kappa shape index (κ3) is 4.36. The van der Waals surface area contributed by atoms with E-state index in [-0.39, 0.29) is 18.7 Å². The predicted octanol–water partition coefficient (Wildman–Crippen LogP) is 1.21. The maximum Gasteiger partial charge on any atom is 0.522 e. The second-order valence-corrected chi connectivity index (χ2v) is 3.89. The Morgan fingerprint density at radius 3 is 2.27 bits per heavy atom. The van der Waals surface area contributed by atoms with E-state index in [1.165, 1.54) is 0 Å². The largest absolute Gasteiger partial charge is 0.522 e. The van der Waals surface area contributed by atoms with E-state index >= 15 is 0 Å². The zero-order valence-electron chi connectivity index (χ0n) is 8.97. The maximum absolute atomic E-state index is 11.8. The lowest BCUT2D eigenvalue weighted by molar-refractivity contribution is -0.325. The highest BCUT2D eigenvalue weighted by Crippen LogP contribution is 2.16. The van der Waals surface area contributed by atoms with Crippen molar-refractivity contribution in [3.8, 4) is 0 Å². The first-order chi connectivity index (χ1) is 6.90. The zero-order valence-corrected chi connectivity index (χ0v) is 8.97. The lowest BCUT2D eigenvalue weighted by atomic mass is 10.1. The molecule has 3 nitrogen and oxygen atoms in total. The molecule has 0 aromatic rings. The molecule has 2 atom stereocenters. The number of ether oxygens (including phenoxy) is 1. The van der Waals surface area contributed by atoms with Crippen LogP contribution in [0.5, 0.6) is 0 Å². The highest BCUT2D eigenvalue weighted by molar-refractivity contribution is 4.82. The molecule has 0 aliphatic carbocycles. The number of nitrogens with zero attached hydrogens (tertiary/aromatic N) is 1. The van der Waals surface area contributed by atoms with Gasteiger partial charge >= 0.3 is 6.36 Å². The molecule has 0 aromatic heterocycles. The van der Waals surface area contributed by atoms with Crippen LogP contribution in [0.15, 0.2) is 0 Å². The summed E-state index contributed by atoms with van der Waals surface area (Å²) in [5.74, 6) is 0. The first-order valence-electron chi connectivity index (χ1n) is 5.07. The van der Waals surface area contributed by atoms with Gasteiger partial charge in [-0.2, -0.15) is 0 Å². The van der Waals surface area contributed by atoms with Gasteiger partial charge in [0.25, 0.3) is 0 Å². The van der Waals surface area contributed by atoms with E-state index in [4.69, 9.17) is 0 Å². The third-order valence-corrected chi connectivity index (χ3v) is 2.63. The first kappa shape index (κ1) is 12.7. The average molecular weight is 226 g/mol. The normalized spacial score (nSPS) is 29.4. The van der Waals surface area contributed by atoms with Crippen molar-refractivity contribution in [1.82, 2.24) is 10.2 Å². The maximum atomic E-state index is 11.8. The Morgan fingerprint density at radius 2 is 1.80 bits per heavy atom. The molecule has 1 saturated heterocycles. The van der Waals surface area contributed by atoms with Crippen molar-refractivity contribution in [1.29, 1.82) is 0 Å². The molecule has 0 saturated carbocycles. The lowest BCUT2D eigenvalue weighted by Gasteiger charge is -2.39. The highest BCUT2D eigenvalue weighted by atomic mass is 19.4. The molecule has 6 heteroatoms. The summed E-state index contributed by atoms with van der Waals surface area (Å²) in [6.45, 7) is 5.65. The molecule has 0 aromatic carbocycles. The van der Waals surface area contributed by atoms with Crippen LogP contribution in [0.25, 0.3) is 0 Å². The summed E-state index contributed by atoms with van der Waals surface area (Å²) in [6.07, 6.45) is -4.51. The number of piperazine rings is 1. The molecule has 2 unspecified atom stereocenters. The zero-order chi connectivity index (χ0) is 11.5. The fourth-order valence-electron chi connectivity index (χ4n) is 1.88. The van der Waals surface area contributed by atoms with Crippen molar-refractivity contribution in [2.24, 2.45) is 0 Å². The van der Waals surface area contributed by atoms with Crippen LogP contribution in [0.1, 0.15) is 13.8 Å². The minimum atomic E-state index is -4.51. The Kier molecular flexibility index (Phi) is 4.36.